The summed E-state index contributed by atoms with van der Waals surface area (Å²) in [4.78, 5) is 16.9. The molecule has 108 valence electrons. The van der Waals surface area contributed by atoms with Crippen molar-refractivity contribution in [2.24, 2.45) is 11.3 Å². The highest BCUT2D eigenvalue weighted by Crippen LogP contribution is 2.58. The van der Waals surface area contributed by atoms with Crippen LogP contribution in [0.15, 0.2) is 6.20 Å². The van der Waals surface area contributed by atoms with Crippen LogP contribution < -0.4 is 10.6 Å². The minimum Gasteiger partial charge on any atom is -0.317 e. The minimum atomic E-state index is 0.208. The second-order valence-electron chi connectivity index (χ2n) is 6.53. The van der Waals surface area contributed by atoms with Crippen LogP contribution in [-0.4, -0.2) is 28.5 Å². The first-order valence-electron chi connectivity index (χ1n) is 7.84. The quantitative estimate of drug-likeness (QED) is 0.860. The van der Waals surface area contributed by atoms with E-state index in [9.17, 15) is 4.79 Å². The molecular weight excluding hydrogens is 252 g/mol. The predicted octanol–water partition coefficient (Wildman–Crippen LogP) is 1.55. The minimum absolute atomic E-state index is 0.208. The number of fused-ring (bicyclic) bond motifs is 1. The van der Waals surface area contributed by atoms with E-state index in [1.54, 1.807) is 0 Å². The Labute approximate surface area is 119 Å². The Kier molecular flexibility index (Phi) is 2.84. The first kappa shape index (κ1) is 12.4. The third-order valence-electron chi connectivity index (χ3n) is 5.33. The maximum absolute atomic E-state index is 12.5. The molecule has 3 aliphatic rings. The van der Waals surface area contributed by atoms with E-state index in [1.165, 1.54) is 12.8 Å². The molecule has 5 heteroatoms. The van der Waals surface area contributed by atoms with Crippen LogP contribution in [0.3, 0.4) is 0 Å². The molecule has 1 aromatic heterocycles. The number of anilines is 1. The van der Waals surface area contributed by atoms with Crippen molar-refractivity contribution in [2.75, 3.05) is 18.4 Å². The van der Waals surface area contributed by atoms with E-state index in [-0.39, 0.29) is 11.8 Å². The molecule has 0 bridgehead atoms. The Balaban J connectivity index is 1.45. The molecule has 0 aromatic carbocycles. The molecule has 4 rings (SSSR count). The third kappa shape index (κ3) is 1.95. The summed E-state index contributed by atoms with van der Waals surface area (Å²) < 4.78 is 2.18. The second-order valence-corrected chi connectivity index (χ2v) is 6.53. The zero-order valence-electron chi connectivity index (χ0n) is 11.8. The number of carbonyl (C=O) groups is 1. The van der Waals surface area contributed by atoms with Gasteiger partial charge < -0.3 is 15.2 Å². The Bertz CT molecular complexity index is 530. The summed E-state index contributed by atoms with van der Waals surface area (Å²) >= 11 is 0. The van der Waals surface area contributed by atoms with Gasteiger partial charge in [0.1, 0.15) is 11.6 Å². The van der Waals surface area contributed by atoms with Crippen LogP contribution in [0.1, 0.15) is 37.9 Å². The van der Waals surface area contributed by atoms with Gasteiger partial charge in [0.25, 0.3) is 0 Å². The molecule has 3 heterocycles. The molecule has 1 saturated carbocycles. The zero-order chi connectivity index (χ0) is 13.6. The molecule has 5 nitrogen and oxygen atoms in total. The van der Waals surface area contributed by atoms with E-state index >= 15 is 0 Å². The number of carbonyl (C=O) groups excluding carboxylic acids is 1. The maximum atomic E-state index is 12.5. The van der Waals surface area contributed by atoms with Gasteiger partial charge in [-0.1, -0.05) is 0 Å². The van der Waals surface area contributed by atoms with E-state index < -0.39 is 0 Å². The first-order valence-corrected chi connectivity index (χ1v) is 7.84. The lowest BCUT2D eigenvalue weighted by molar-refractivity contribution is -0.118. The maximum Gasteiger partial charge on any atom is 0.229 e. The van der Waals surface area contributed by atoms with Crippen LogP contribution in [0.25, 0.3) is 0 Å². The van der Waals surface area contributed by atoms with Gasteiger partial charge in [0.05, 0.1) is 6.20 Å². The summed E-state index contributed by atoms with van der Waals surface area (Å²) in [5.74, 6) is 2.46. The molecule has 1 unspecified atom stereocenters. The van der Waals surface area contributed by atoms with Crippen LogP contribution in [0, 0.1) is 11.3 Å². The topological polar surface area (TPSA) is 59.0 Å². The van der Waals surface area contributed by atoms with Gasteiger partial charge in [0.2, 0.25) is 5.91 Å². The van der Waals surface area contributed by atoms with Crippen LogP contribution in [0.4, 0.5) is 5.82 Å². The van der Waals surface area contributed by atoms with E-state index in [0.29, 0.717) is 5.41 Å². The van der Waals surface area contributed by atoms with Crippen molar-refractivity contribution in [2.45, 2.75) is 45.1 Å². The number of amides is 1. The van der Waals surface area contributed by atoms with E-state index in [1.807, 2.05) is 6.20 Å². The molecule has 2 aliphatic heterocycles. The number of rotatable bonds is 2. The van der Waals surface area contributed by atoms with Gasteiger partial charge in [-0.15, -0.1) is 0 Å². The SMILES string of the molecule is O=C(Nc1cnc2n1CCCC2)C1CC12CCNCC2. The molecule has 1 aliphatic carbocycles. The number of hydrogen-bond donors (Lipinski definition) is 2. The van der Waals surface area contributed by atoms with Crippen LogP contribution in [0.5, 0.6) is 0 Å². The predicted molar refractivity (Wildman–Crippen MR) is 76.4 cm³/mol. The van der Waals surface area contributed by atoms with Gasteiger partial charge in [-0.3, -0.25) is 4.79 Å². The van der Waals surface area contributed by atoms with Gasteiger partial charge in [0, 0.05) is 18.9 Å². The van der Waals surface area contributed by atoms with Crippen LogP contribution >= 0.6 is 0 Å². The highest BCUT2D eigenvalue weighted by atomic mass is 16.2. The summed E-state index contributed by atoms with van der Waals surface area (Å²) in [6, 6.07) is 0. The molecule has 0 radical (unpaired) electrons. The molecule has 1 saturated heterocycles. The average Bonchev–Trinajstić information content (AvgIpc) is 3.02. The lowest BCUT2D eigenvalue weighted by Gasteiger charge is -2.23. The van der Waals surface area contributed by atoms with Crippen molar-refractivity contribution >= 4 is 11.7 Å². The smallest absolute Gasteiger partial charge is 0.229 e. The van der Waals surface area contributed by atoms with Gasteiger partial charge in [0.15, 0.2) is 0 Å². The zero-order valence-corrected chi connectivity index (χ0v) is 11.8. The van der Waals surface area contributed by atoms with Gasteiger partial charge in [-0.05, 0) is 50.6 Å². The largest absolute Gasteiger partial charge is 0.317 e. The Morgan fingerprint density at radius 2 is 2.25 bits per heavy atom. The Morgan fingerprint density at radius 1 is 1.40 bits per heavy atom. The number of aryl methyl sites for hydroxylation is 1. The monoisotopic (exact) mass is 274 g/mol. The van der Waals surface area contributed by atoms with Crippen molar-refractivity contribution < 1.29 is 4.79 Å². The summed E-state index contributed by atoms with van der Waals surface area (Å²) in [6.45, 7) is 3.11. The van der Waals surface area contributed by atoms with Crippen molar-refractivity contribution in [1.29, 1.82) is 0 Å². The Hall–Kier alpha value is -1.36. The number of nitrogens with one attached hydrogen (secondary N) is 2. The molecule has 1 amide bonds. The van der Waals surface area contributed by atoms with Crippen molar-refractivity contribution in [1.82, 2.24) is 14.9 Å². The van der Waals surface area contributed by atoms with E-state index in [4.69, 9.17) is 0 Å². The number of imidazole rings is 1. The average molecular weight is 274 g/mol. The Morgan fingerprint density at radius 3 is 3.10 bits per heavy atom. The highest BCUT2D eigenvalue weighted by molar-refractivity contribution is 5.94. The molecule has 20 heavy (non-hydrogen) atoms. The molecule has 1 aromatic rings. The fraction of sp³-hybridized carbons (Fsp3) is 0.733. The molecular formula is C15H22N4O. The molecule has 1 atom stereocenters. The summed E-state index contributed by atoms with van der Waals surface area (Å²) in [7, 11) is 0. The number of hydrogen-bond acceptors (Lipinski definition) is 3. The molecule has 2 N–H and O–H groups in total. The van der Waals surface area contributed by atoms with Crippen LogP contribution in [0.2, 0.25) is 0 Å². The van der Waals surface area contributed by atoms with Crippen molar-refractivity contribution in [3.63, 3.8) is 0 Å². The molecule has 1 spiro atoms. The first-order chi connectivity index (χ1) is 9.78. The standard InChI is InChI=1S/C15H22N4O/c20-14(11-9-15(11)4-6-16-7-5-15)18-13-10-17-12-3-1-2-8-19(12)13/h10-11,16H,1-9H2,(H,18,20). The van der Waals surface area contributed by atoms with Gasteiger partial charge in [-0.2, -0.15) is 0 Å². The van der Waals surface area contributed by atoms with Gasteiger partial charge in [-0.25, -0.2) is 4.98 Å². The normalized spacial score (nSPS) is 27.1. The van der Waals surface area contributed by atoms with Crippen LogP contribution in [-0.2, 0) is 17.8 Å². The second kappa shape index (κ2) is 4.58. The van der Waals surface area contributed by atoms with E-state index in [0.717, 1.165) is 57.0 Å². The number of aromatic nitrogens is 2. The fourth-order valence-electron chi connectivity index (χ4n) is 3.92. The summed E-state index contributed by atoms with van der Waals surface area (Å²) in [5.41, 5.74) is 0.306. The van der Waals surface area contributed by atoms with E-state index in [2.05, 4.69) is 20.2 Å². The van der Waals surface area contributed by atoms with Crippen molar-refractivity contribution in [3.05, 3.63) is 12.0 Å². The summed E-state index contributed by atoms with van der Waals surface area (Å²) in [6.07, 6.45) is 8.63. The van der Waals surface area contributed by atoms with Gasteiger partial charge >= 0.3 is 0 Å². The lowest BCUT2D eigenvalue weighted by Crippen LogP contribution is -2.32. The summed E-state index contributed by atoms with van der Waals surface area (Å²) in [5, 5.41) is 6.51. The van der Waals surface area contributed by atoms with Crippen molar-refractivity contribution in [3.8, 4) is 0 Å². The third-order valence-corrected chi connectivity index (χ3v) is 5.33. The lowest BCUT2D eigenvalue weighted by atomic mass is 9.92. The molecule has 2 fully saturated rings. The highest BCUT2D eigenvalue weighted by Gasteiger charge is 2.57. The number of piperidine rings is 1. The fourth-order valence-corrected chi connectivity index (χ4v) is 3.92. The number of nitrogens with zero attached hydrogens (tertiary/aromatic N) is 2.